The van der Waals surface area contributed by atoms with Crippen molar-refractivity contribution in [2.24, 2.45) is 5.73 Å². The molecular formula is C15H21FN4O. The number of aliphatic hydroxyl groups is 1. The summed E-state index contributed by atoms with van der Waals surface area (Å²) in [5, 5.41) is 13.5. The monoisotopic (exact) mass is 292 g/mol. The first-order valence-corrected chi connectivity index (χ1v) is 6.95. The highest BCUT2D eigenvalue weighted by Gasteiger charge is 2.14. The number of nitrogens with two attached hydrogens (primary N) is 1. The highest BCUT2D eigenvalue weighted by Crippen LogP contribution is 2.25. The van der Waals surface area contributed by atoms with Gasteiger partial charge in [0.1, 0.15) is 5.82 Å². The fraction of sp³-hybridized carbons (Fsp3) is 0.400. The predicted octanol–water partition coefficient (Wildman–Crippen LogP) is 1.07. The third-order valence-corrected chi connectivity index (χ3v) is 3.30. The first-order chi connectivity index (χ1) is 10.2. The van der Waals surface area contributed by atoms with Crippen LogP contribution >= 0.6 is 0 Å². The molecule has 0 amide bonds. The van der Waals surface area contributed by atoms with Crippen molar-refractivity contribution in [1.29, 1.82) is 0 Å². The first kappa shape index (κ1) is 15.6. The Morgan fingerprint density at radius 1 is 1.33 bits per heavy atom. The van der Waals surface area contributed by atoms with Gasteiger partial charge in [-0.2, -0.15) is 5.10 Å². The zero-order chi connectivity index (χ0) is 15.2. The van der Waals surface area contributed by atoms with Crippen LogP contribution in [0.4, 0.5) is 4.39 Å². The zero-order valence-electron chi connectivity index (χ0n) is 12.2. The highest BCUT2D eigenvalue weighted by atomic mass is 19.1. The van der Waals surface area contributed by atoms with Crippen molar-refractivity contribution in [1.82, 2.24) is 14.7 Å². The zero-order valence-corrected chi connectivity index (χ0v) is 12.2. The van der Waals surface area contributed by atoms with E-state index >= 15 is 0 Å². The fourth-order valence-electron chi connectivity index (χ4n) is 2.34. The van der Waals surface area contributed by atoms with Gasteiger partial charge in [-0.05, 0) is 31.3 Å². The van der Waals surface area contributed by atoms with Crippen LogP contribution in [-0.2, 0) is 13.1 Å². The molecule has 3 N–H and O–H groups in total. The van der Waals surface area contributed by atoms with E-state index < -0.39 is 0 Å². The van der Waals surface area contributed by atoms with Crippen molar-refractivity contribution in [2.75, 3.05) is 26.7 Å². The molecule has 0 radical (unpaired) electrons. The molecule has 5 nitrogen and oxygen atoms in total. The number of nitrogens with zero attached hydrogens (tertiary/aromatic N) is 3. The molecule has 6 heteroatoms. The molecule has 0 fully saturated rings. The van der Waals surface area contributed by atoms with Gasteiger partial charge in [0.25, 0.3) is 0 Å². The number of benzene rings is 1. The molecule has 2 rings (SSSR count). The van der Waals surface area contributed by atoms with Crippen LogP contribution in [0.5, 0.6) is 0 Å². The Labute approximate surface area is 123 Å². The van der Waals surface area contributed by atoms with Crippen molar-refractivity contribution in [3.05, 3.63) is 41.8 Å². The molecule has 1 aromatic carbocycles. The molecule has 2 aromatic rings. The third-order valence-electron chi connectivity index (χ3n) is 3.30. The van der Waals surface area contributed by atoms with Gasteiger partial charge in [0.15, 0.2) is 0 Å². The van der Waals surface area contributed by atoms with Gasteiger partial charge in [0.05, 0.1) is 25.0 Å². The van der Waals surface area contributed by atoms with Crippen molar-refractivity contribution >= 4 is 0 Å². The molecule has 0 aliphatic rings. The van der Waals surface area contributed by atoms with Gasteiger partial charge in [0.2, 0.25) is 0 Å². The molecular weight excluding hydrogens is 271 g/mol. The predicted molar refractivity (Wildman–Crippen MR) is 80.1 cm³/mol. The summed E-state index contributed by atoms with van der Waals surface area (Å²) in [7, 11) is 1.99. The number of rotatable bonds is 7. The number of aliphatic hydroxyl groups excluding tert-OH is 1. The van der Waals surface area contributed by atoms with E-state index in [0.717, 1.165) is 23.4 Å². The van der Waals surface area contributed by atoms with Gasteiger partial charge in [-0.15, -0.1) is 0 Å². The maximum Gasteiger partial charge on any atom is 0.123 e. The SMILES string of the molecule is CN(CCN)Cc1cnn(CCO)c1-c1ccc(F)cc1. The van der Waals surface area contributed by atoms with Crippen molar-refractivity contribution in [3.8, 4) is 11.3 Å². The molecule has 1 aromatic heterocycles. The van der Waals surface area contributed by atoms with E-state index in [-0.39, 0.29) is 12.4 Å². The molecule has 1 heterocycles. The molecule has 21 heavy (non-hydrogen) atoms. The largest absolute Gasteiger partial charge is 0.394 e. The Hall–Kier alpha value is -1.76. The summed E-state index contributed by atoms with van der Waals surface area (Å²) in [4.78, 5) is 2.10. The van der Waals surface area contributed by atoms with Crippen LogP contribution in [-0.4, -0.2) is 46.5 Å². The van der Waals surface area contributed by atoms with Crippen LogP contribution in [0.2, 0.25) is 0 Å². The van der Waals surface area contributed by atoms with Crippen LogP contribution in [0.3, 0.4) is 0 Å². The van der Waals surface area contributed by atoms with E-state index in [2.05, 4.69) is 10.00 Å². The van der Waals surface area contributed by atoms with Crippen molar-refractivity contribution in [3.63, 3.8) is 0 Å². The molecule has 0 unspecified atom stereocenters. The maximum absolute atomic E-state index is 13.1. The number of aromatic nitrogens is 2. The normalized spacial score (nSPS) is 11.3. The quantitative estimate of drug-likeness (QED) is 0.801. The summed E-state index contributed by atoms with van der Waals surface area (Å²) in [5.74, 6) is -0.270. The Kier molecular flexibility index (Phi) is 5.44. The molecule has 114 valence electrons. The Balaban J connectivity index is 2.35. The summed E-state index contributed by atoms with van der Waals surface area (Å²) in [5.41, 5.74) is 8.40. The van der Waals surface area contributed by atoms with E-state index in [4.69, 9.17) is 10.8 Å². The molecule has 0 spiro atoms. The second-order valence-electron chi connectivity index (χ2n) is 5.00. The lowest BCUT2D eigenvalue weighted by atomic mass is 10.1. The summed E-state index contributed by atoms with van der Waals surface area (Å²) < 4.78 is 14.9. The molecule has 0 aliphatic heterocycles. The molecule has 0 saturated carbocycles. The van der Waals surface area contributed by atoms with E-state index in [1.807, 2.05) is 7.05 Å². The van der Waals surface area contributed by atoms with Gasteiger partial charge >= 0.3 is 0 Å². The molecule has 0 bridgehead atoms. The molecule has 0 saturated heterocycles. The van der Waals surface area contributed by atoms with Gasteiger partial charge in [-0.1, -0.05) is 0 Å². The first-order valence-electron chi connectivity index (χ1n) is 6.95. The van der Waals surface area contributed by atoms with E-state index in [1.54, 1.807) is 23.0 Å². The van der Waals surface area contributed by atoms with Crippen molar-refractivity contribution in [2.45, 2.75) is 13.1 Å². The summed E-state index contributed by atoms with van der Waals surface area (Å²) in [6, 6.07) is 6.32. The van der Waals surface area contributed by atoms with Gasteiger partial charge in [-0.3, -0.25) is 4.68 Å². The van der Waals surface area contributed by atoms with Crippen LogP contribution in [0, 0.1) is 5.82 Å². The summed E-state index contributed by atoms with van der Waals surface area (Å²) >= 11 is 0. The van der Waals surface area contributed by atoms with Crippen LogP contribution in [0.15, 0.2) is 30.5 Å². The molecule has 0 aliphatic carbocycles. The molecule has 0 atom stereocenters. The van der Waals surface area contributed by atoms with Crippen LogP contribution in [0.1, 0.15) is 5.56 Å². The Morgan fingerprint density at radius 2 is 2.05 bits per heavy atom. The minimum atomic E-state index is -0.270. The number of likely N-dealkylation sites (N-methyl/N-ethyl adjacent to an activating group) is 1. The van der Waals surface area contributed by atoms with Gasteiger partial charge in [0, 0.05) is 30.8 Å². The number of halogens is 1. The number of hydrogen-bond acceptors (Lipinski definition) is 4. The lowest BCUT2D eigenvalue weighted by molar-refractivity contribution is 0.270. The second-order valence-corrected chi connectivity index (χ2v) is 5.00. The topological polar surface area (TPSA) is 67.3 Å². The Morgan fingerprint density at radius 3 is 2.67 bits per heavy atom. The minimum absolute atomic E-state index is 0.00789. The average molecular weight is 292 g/mol. The van der Waals surface area contributed by atoms with Gasteiger partial charge < -0.3 is 15.7 Å². The second kappa shape index (κ2) is 7.31. The van der Waals surface area contributed by atoms with Crippen LogP contribution in [0.25, 0.3) is 11.3 Å². The van der Waals surface area contributed by atoms with Gasteiger partial charge in [-0.25, -0.2) is 4.39 Å². The standard InChI is InChI=1S/C15H21FN4O/c1-19(7-6-17)11-13-10-18-20(8-9-21)15(13)12-2-4-14(16)5-3-12/h2-5,10,21H,6-9,11,17H2,1H3. The lowest BCUT2D eigenvalue weighted by Gasteiger charge is -2.16. The minimum Gasteiger partial charge on any atom is -0.394 e. The Bertz CT molecular complexity index is 568. The van der Waals surface area contributed by atoms with E-state index in [9.17, 15) is 4.39 Å². The van der Waals surface area contributed by atoms with E-state index in [1.165, 1.54) is 12.1 Å². The lowest BCUT2D eigenvalue weighted by Crippen LogP contribution is -2.25. The smallest absolute Gasteiger partial charge is 0.123 e. The summed E-state index contributed by atoms with van der Waals surface area (Å²) in [6.07, 6.45) is 1.79. The number of hydrogen-bond donors (Lipinski definition) is 2. The highest BCUT2D eigenvalue weighted by molar-refractivity contribution is 5.63. The fourth-order valence-corrected chi connectivity index (χ4v) is 2.34. The third kappa shape index (κ3) is 3.87. The van der Waals surface area contributed by atoms with Crippen molar-refractivity contribution < 1.29 is 9.50 Å². The average Bonchev–Trinajstić information content (AvgIpc) is 2.83. The van der Waals surface area contributed by atoms with Crippen LogP contribution < -0.4 is 5.73 Å². The maximum atomic E-state index is 13.1. The van der Waals surface area contributed by atoms with E-state index in [0.29, 0.717) is 19.6 Å². The summed E-state index contributed by atoms with van der Waals surface area (Å²) in [6.45, 7) is 2.50.